The zero-order valence-electron chi connectivity index (χ0n) is 13.7. The van der Waals surface area contributed by atoms with E-state index in [1.165, 1.54) is 11.1 Å². The average molecular weight is 367 g/mol. The molecule has 24 heavy (non-hydrogen) atoms. The molecule has 0 bridgehead atoms. The Hall–Kier alpha value is -1.51. The van der Waals surface area contributed by atoms with E-state index in [-0.39, 0.29) is 4.90 Å². The van der Waals surface area contributed by atoms with Gasteiger partial charge in [0.1, 0.15) is 10.7 Å². The van der Waals surface area contributed by atoms with Gasteiger partial charge in [-0.05, 0) is 31.9 Å². The molecule has 3 rings (SSSR count). The number of thiazole rings is 1. The molecule has 0 radical (unpaired) electrons. The summed E-state index contributed by atoms with van der Waals surface area (Å²) in [7, 11) is -3.40. The molecule has 0 saturated carbocycles. The van der Waals surface area contributed by atoms with Crippen LogP contribution < -0.4 is 5.32 Å². The Kier molecular flexibility index (Phi) is 5.47. The minimum atomic E-state index is -3.40. The number of hydrogen-bond donors (Lipinski definition) is 1. The fourth-order valence-electron chi connectivity index (χ4n) is 2.71. The van der Waals surface area contributed by atoms with Crippen LogP contribution in [-0.2, 0) is 16.4 Å². The molecule has 0 atom stereocenters. The smallest absolute Gasteiger partial charge is 0.244 e. The molecule has 0 aliphatic carbocycles. The molecule has 0 unspecified atom stereocenters. The van der Waals surface area contributed by atoms with Gasteiger partial charge in [0.05, 0.1) is 5.01 Å². The van der Waals surface area contributed by atoms with Crippen LogP contribution in [0.25, 0.3) is 0 Å². The molecule has 1 saturated heterocycles. The molecular weight excluding hydrogens is 344 g/mol. The van der Waals surface area contributed by atoms with Crippen molar-refractivity contribution in [2.24, 2.45) is 0 Å². The van der Waals surface area contributed by atoms with E-state index in [1.54, 1.807) is 27.8 Å². The highest BCUT2D eigenvalue weighted by Gasteiger charge is 2.26. The fourth-order valence-corrected chi connectivity index (χ4v) is 4.96. The van der Waals surface area contributed by atoms with Gasteiger partial charge < -0.3 is 5.32 Å². The molecule has 0 amide bonds. The highest BCUT2D eigenvalue weighted by atomic mass is 32.2. The molecule has 1 fully saturated rings. The number of aromatic nitrogens is 2. The van der Waals surface area contributed by atoms with E-state index < -0.39 is 10.0 Å². The van der Waals surface area contributed by atoms with Crippen molar-refractivity contribution in [1.29, 1.82) is 0 Å². The summed E-state index contributed by atoms with van der Waals surface area (Å²) in [4.78, 5) is 10.0. The zero-order chi connectivity index (χ0) is 17.0. The maximum Gasteiger partial charge on any atom is 0.244 e. The number of pyridine rings is 1. The minimum Gasteiger partial charge on any atom is -0.370 e. The summed E-state index contributed by atoms with van der Waals surface area (Å²) >= 11 is 1.69. The third-order valence-corrected chi connectivity index (χ3v) is 6.86. The van der Waals surface area contributed by atoms with E-state index in [0.717, 1.165) is 37.2 Å². The Labute approximate surface area is 147 Å². The second kappa shape index (κ2) is 7.58. The Morgan fingerprint density at radius 3 is 2.58 bits per heavy atom. The summed E-state index contributed by atoms with van der Waals surface area (Å²) < 4.78 is 26.7. The Balaban J connectivity index is 1.58. The second-order valence-electron chi connectivity index (χ2n) is 5.89. The summed E-state index contributed by atoms with van der Waals surface area (Å²) in [6.07, 6.45) is 7.11. The molecule has 2 aromatic heterocycles. The molecule has 3 heterocycles. The molecule has 0 aromatic carbocycles. The van der Waals surface area contributed by atoms with E-state index in [9.17, 15) is 8.42 Å². The van der Waals surface area contributed by atoms with Gasteiger partial charge in [-0.15, -0.1) is 11.3 Å². The molecule has 6 nitrogen and oxygen atoms in total. The van der Waals surface area contributed by atoms with Gasteiger partial charge in [-0.3, -0.25) is 0 Å². The largest absolute Gasteiger partial charge is 0.370 e. The number of rotatable bonds is 6. The lowest BCUT2D eigenvalue weighted by molar-refractivity contribution is 0.346. The minimum absolute atomic E-state index is 0.269. The van der Waals surface area contributed by atoms with Gasteiger partial charge >= 0.3 is 0 Å². The fraction of sp³-hybridized carbons (Fsp3) is 0.500. The van der Waals surface area contributed by atoms with Crippen molar-refractivity contribution in [3.63, 3.8) is 0 Å². The number of nitrogens with zero attached hydrogens (tertiary/aromatic N) is 3. The highest BCUT2D eigenvalue weighted by molar-refractivity contribution is 7.89. The number of nitrogens with one attached hydrogen (secondary N) is 1. The average Bonchev–Trinajstić information content (AvgIpc) is 3.01. The van der Waals surface area contributed by atoms with Gasteiger partial charge in [0.15, 0.2) is 0 Å². The first-order chi connectivity index (χ1) is 11.6. The van der Waals surface area contributed by atoms with Gasteiger partial charge in [0.25, 0.3) is 0 Å². The quantitative estimate of drug-likeness (QED) is 0.851. The predicted molar refractivity (Wildman–Crippen MR) is 95.9 cm³/mol. The van der Waals surface area contributed by atoms with Crippen molar-refractivity contribution in [2.45, 2.75) is 37.5 Å². The van der Waals surface area contributed by atoms with Crippen molar-refractivity contribution < 1.29 is 8.42 Å². The maximum absolute atomic E-state index is 12.6. The summed E-state index contributed by atoms with van der Waals surface area (Å²) in [5, 5.41) is 4.30. The first-order valence-electron chi connectivity index (χ1n) is 8.17. The third-order valence-electron chi connectivity index (χ3n) is 4.00. The molecule has 130 valence electrons. The predicted octanol–water partition coefficient (Wildman–Crippen LogP) is 2.68. The number of piperidine rings is 1. The highest BCUT2D eigenvalue weighted by Crippen LogP contribution is 2.20. The topological polar surface area (TPSA) is 75.2 Å². The van der Waals surface area contributed by atoms with Crippen LogP contribution in [0.1, 0.15) is 29.1 Å². The van der Waals surface area contributed by atoms with Crippen molar-refractivity contribution >= 4 is 27.2 Å². The number of hydrogen-bond acceptors (Lipinski definition) is 6. The zero-order valence-corrected chi connectivity index (χ0v) is 15.4. The molecule has 0 spiro atoms. The van der Waals surface area contributed by atoms with Crippen LogP contribution in [-0.4, -0.2) is 42.3 Å². The number of anilines is 1. The van der Waals surface area contributed by atoms with Crippen LogP contribution in [0.4, 0.5) is 5.82 Å². The van der Waals surface area contributed by atoms with Crippen molar-refractivity contribution in [1.82, 2.24) is 14.3 Å². The number of sulfonamides is 1. The lowest BCUT2D eigenvalue weighted by Crippen LogP contribution is -2.35. The third kappa shape index (κ3) is 4.12. The van der Waals surface area contributed by atoms with Crippen LogP contribution in [0.3, 0.4) is 0 Å². The van der Waals surface area contributed by atoms with Gasteiger partial charge in [0, 0.05) is 43.3 Å². The van der Waals surface area contributed by atoms with Crippen molar-refractivity contribution in [3.05, 3.63) is 34.4 Å². The lowest BCUT2D eigenvalue weighted by atomic mass is 10.2. The second-order valence-corrected chi connectivity index (χ2v) is 9.14. The van der Waals surface area contributed by atoms with Gasteiger partial charge in [-0.1, -0.05) is 6.42 Å². The summed E-state index contributed by atoms with van der Waals surface area (Å²) in [5.41, 5.74) is 0. The number of aryl methyl sites for hydroxylation is 1. The van der Waals surface area contributed by atoms with Crippen molar-refractivity contribution in [2.75, 3.05) is 25.0 Å². The molecule has 2 aromatic rings. The monoisotopic (exact) mass is 366 g/mol. The Morgan fingerprint density at radius 1 is 1.17 bits per heavy atom. The van der Waals surface area contributed by atoms with E-state index in [1.807, 2.05) is 13.1 Å². The first-order valence-corrected chi connectivity index (χ1v) is 10.4. The Bertz CT molecular complexity index is 766. The molecule has 1 aliphatic rings. The maximum atomic E-state index is 12.6. The van der Waals surface area contributed by atoms with Gasteiger partial charge in [-0.2, -0.15) is 4.31 Å². The molecule has 1 aliphatic heterocycles. The Morgan fingerprint density at radius 2 is 1.96 bits per heavy atom. The van der Waals surface area contributed by atoms with Crippen LogP contribution in [0.5, 0.6) is 0 Å². The van der Waals surface area contributed by atoms with Crippen LogP contribution >= 0.6 is 11.3 Å². The van der Waals surface area contributed by atoms with E-state index in [4.69, 9.17) is 0 Å². The van der Waals surface area contributed by atoms with Crippen LogP contribution in [0.2, 0.25) is 0 Å². The normalized spacial score (nSPS) is 16.2. The van der Waals surface area contributed by atoms with Crippen LogP contribution in [0, 0.1) is 6.92 Å². The van der Waals surface area contributed by atoms with Crippen molar-refractivity contribution in [3.8, 4) is 0 Å². The van der Waals surface area contributed by atoms with Crippen LogP contribution in [0.15, 0.2) is 29.4 Å². The molecule has 1 N–H and O–H groups in total. The van der Waals surface area contributed by atoms with Gasteiger partial charge in [0.2, 0.25) is 10.0 Å². The lowest BCUT2D eigenvalue weighted by Gasteiger charge is -2.25. The summed E-state index contributed by atoms with van der Waals surface area (Å²) in [5.74, 6) is 0.681. The first kappa shape index (κ1) is 17.3. The van der Waals surface area contributed by atoms with E-state index >= 15 is 0 Å². The van der Waals surface area contributed by atoms with E-state index in [0.29, 0.717) is 18.9 Å². The standard InChI is InChI=1S/C16H22N4O2S2/c1-13-11-19-16(23-13)7-8-17-15-6-5-14(12-18-15)24(21,22)20-9-3-2-4-10-20/h5-6,11-12H,2-4,7-10H2,1H3,(H,17,18). The summed E-state index contributed by atoms with van der Waals surface area (Å²) in [6, 6.07) is 3.36. The summed E-state index contributed by atoms with van der Waals surface area (Å²) in [6.45, 7) is 3.97. The van der Waals surface area contributed by atoms with Gasteiger partial charge in [-0.25, -0.2) is 18.4 Å². The SMILES string of the molecule is Cc1cnc(CCNc2ccc(S(=O)(=O)N3CCCCC3)cn2)s1. The molecular formula is C16H22N4O2S2. The molecule has 8 heteroatoms. The van der Waals surface area contributed by atoms with E-state index in [2.05, 4.69) is 15.3 Å².